The van der Waals surface area contributed by atoms with Crippen LogP contribution in [-0.2, 0) is 0 Å². The largest absolute Gasteiger partial charge is 0.311 e. The minimum atomic E-state index is -0.423. The molecule has 0 spiro atoms. The second-order valence-corrected chi connectivity index (χ2v) is 13.6. The van der Waals surface area contributed by atoms with Crippen molar-refractivity contribution in [3.8, 4) is 27.9 Å². The summed E-state index contributed by atoms with van der Waals surface area (Å²) in [5.41, 5.74) is 8.93. The van der Waals surface area contributed by atoms with E-state index in [0.29, 0.717) is 11.4 Å². The van der Waals surface area contributed by atoms with Crippen molar-refractivity contribution in [1.82, 2.24) is 4.57 Å². The van der Waals surface area contributed by atoms with Crippen LogP contribution in [0.5, 0.6) is 0 Å². The minimum absolute atomic E-state index is 0.0920. The fourth-order valence-electron chi connectivity index (χ4n) is 7.41. The molecule has 0 bridgehead atoms. The second-order valence-electron chi connectivity index (χ2n) is 12.6. The zero-order valence-corrected chi connectivity index (χ0v) is 28.2. The van der Waals surface area contributed by atoms with Crippen LogP contribution >= 0.6 is 11.3 Å². The number of hydrogen-bond donors (Lipinski definition) is 0. The molecule has 8 aromatic carbocycles. The number of thiophene rings is 1. The summed E-state index contributed by atoms with van der Waals surface area (Å²) in [5, 5.41) is 4.77. The Hall–Kier alpha value is -6.42. The topological polar surface area (TPSA) is 8.17 Å². The van der Waals surface area contributed by atoms with Crippen molar-refractivity contribution in [2.45, 2.75) is 0 Å². The first kappa shape index (κ1) is 24.7. The lowest BCUT2D eigenvalue weighted by Crippen LogP contribution is -2.09. The molecule has 51 heavy (non-hydrogen) atoms. The quantitative estimate of drug-likeness (QED) is 0.171. The minimum Gasteiger partial charge on any atom is -0.311 e. The van der Waals surface area contributed by atoms with Gasteiger partial charge in [-0.2, -0.15) is 0 Å². The van der Waals surface area contributed by atoms with Crippen LogP contribution in [0.3, 0.4) is 0 Å². The predicted molar refractivity (Wildman–Crippen MR) is 219 cm³/mol. The smallest absolute Gasteiger partial charge is 0.0645 e. The second kappa shape index (κ2) is 12.2. The van der Waals surface area contributed by atoms with E-state index >= 15 is 0 Å². The first-order chi connectivity index (χ1) is 27.4. The molecular formula is C48H32N2S. The Kier molecular flexibility index (Phi) is 5.89. The number of aromatic nitrogens is 1. The van der Waals surface area contributed by atoms with Crippen LogP contribution in [-0.4, -0.2) is 4.57 Å². The number of hydrogen-bond acceptors (Lipinski definition) is 2. The van der Waals surface area contributed by atoms with Crippen LogP contribution in [0.2, 0.25) is 0 Å². The average Bonchev–Trinajstić information content (AvgIpc) is 3.81. The van der Waals surface area contributed by atoms with Crippen molar-refractivity contribution >= 4 is 70.4 Å². The molecule has 2 nitrogen and oxygen atoms in total. The van der Waals surface area contributed by atoms with Crippen molar-refractivity contribution in [3.05, 3.63) is 194 Å². The number of benzene rings is 8. The number of para-hydroxylation sites is 4. The van der Waals surface area contributed by atoms with Gasteiger partial charge in [0.1, 0.15) is 0 Å². The molecular weight excluding hydrogens is 637 g/mol. The zero-order valence-electron chi connectivity index (χ0n) is 32.4. The molecule has 0 saturated heterocycles. The van der Waals surface area contributed by atoms with Gasteiger partial charge in [-0.25, -0.2) is 0 Å². The van der Waals surface area contributed by atoms with Gasteiger partial charge in [-0.3, -0.25) is 0 Å². The van der Waals surface area contributed by atoms with Crippen LogP contribution in [0.4, 0.5) is 17.1 Å². The zero-order chi connectivity index (χ0) is 38.1. The van der Waals surface area contributed by atoms with Crippen LogP contribution < -0.4 is 4.90 Å². The van der Waals surface area contributed by atoms with Gasteiger partial charge in [0.05, 0.1) is 17.9 Å². The molecule has 0 aliphatic heterocycles. The standard InChI is InChI=1S/C48H32N2S/c1-3-13-35(14-4-1)49(38-31-27-34(28-32-38)40-20-12-22-44-42-18-8-10-24-46(42)51-48(40)44)37-29-25-33(26-30-37)39-19-11-21-43-41-17-7-9-23-45(41)50(47(39)43)36-15-5-2-6-16-36/h1-32H/i1D,3D,4D,13D,14D. The van der Waals surface area contributed by atoms with Crippen molar-refractivity contribution < 1.29 is 6.85 Å². The summed E-state index contributed by atoms with van der Waals surface area (Å²) in [4.78, 5) is 1.77. The Bertz CT molecular complexity index is 3100. The summed E-state index contributed by atoms with van der Waals surface area (Å²) in [7, 11) is 0. The van der Waals surface area contributed by atoms with E-state index in [1.165, 1.54) is 25.6 Å². The summed E-state index contributed by atoms with van der Waals surface area (Å²) in [5.74, 6) is 0. The molecule has 10 aromatic rings. The normalized spacial score (nSPS) is 12.9. The third kappa shape index (κ3) is 4.93. The molecule has 2 aromatic heterocycles. The fourth-order valence-corrected chi connectivity index (χ4v) is 8.65. The summed E-state index contributed by atoms with van der Waals surface area (Å²) in [6.07, 6.45) is 0. The van der Waals surface area contributed by atoms with E-state index in [9.17, 15) is 0 Å². The van der Waals surface area contributed by atoms with Crippen molar-refractivity contribution in [1.29, 1.82) is 0 Å². The predicted octanol–water partition coefficient (Wildman–Crippen LogP) is 14.0. The van der Waals surface area contributed by atoms with Gasteiger partial charge in [0.15, 0.2) is 0 Å². The first-order valence-electron chi connectivity index (χ1n) is 19.4. The Morgan fingerprint density at radius 3 is 1.78 bits per heavy atom. The molecule has 0 aliphatic rings. The number of fused-ring (bicyclic) bond motifs is 6. The number of anilines is 3. The van der Waals surface area contributed by atoms with Gasteiger partial charge in [0.2, 0.25) is 0 Å². The highest BCUT2D eigenvalue weighted by atomic mass is 32.1. The average molecular weight is 674 g/mol. The molecule has 0 amide bonds. The lowest BCUT2D eigenvalue weighted by Gasteiger charge is -2.26. The number of rotatable bonds is 6. The third-order valence-corrected chi connectivity index (χ3v) is 10.9. The van der Waals surface area contributed by atoms with Gasteiger partial charge in [0.25, 0.3) is 0 Å². The monoisotopic (exact) mass is 673 g/mol. The fraction of sp³-hybridized carbons (Fsp3) is 0. The van der Waals surface area contributed by atoms with E-state index in [0.717, 1.165) is 44.4 Å². The third-order valence-electron chi connectivity index (χ3n) is 9.70. The Labute approximate surface area is 307 Å². The van der Waals surface area contributed by atoms with Gasteiger partial charge in [-0.1, -0.05) is 133 Å². The summed E-state index contributed by atoms with van der Waals surface area (Å²) in [6, 6.07) is 54.4. The van der Waals surface area contributed by atoms with E-state index in [1.807, 2.05) is 42.5 Å². The van der Waals surface area contributed by atoms with Gasteiger partial charge in [-0.15, -0.1) is 11.3 Å². The van der Waals surface area contributed by atoms with Crippen LogP contribution in [0.1, 0.15) is 6.85 Å². The highest BCUT2D eigenvalue weighted by Gasteiger charge is 2.18. The maximum absolute atomic E-state index is 8.99. The van der Waals surface area contributed by atoms with Crippen molar-refractivity contribution in [2.24, 2.45) is 0 Å². The number of nitrogens with zero attached hydrogens (tertiary/aromatic N) is 2. The highest BCUT2D eigenvalue weighted by molar-refractivity contribution is 7.26. The van der Waals surface area contributed by atoms with E-state index in [1.54, 1.807) is 16.2 Å². The first-order valence-corrected chi connectivity index (χ1v) is 17.8. The van der Waals surface area contributed by atoms with E-state index in [-0.39, 0.29) is 29.9 Å². The molecule has 0 aliphatic carbocycles. The Morgan fingerprint density at radius 1 is 0.451 bits per heavy atom. The lowest BCUT2D eigenvalue weighted by molar-refractivity contribution is 1.18. The van der Waals surface area contributed by atoms with E-state index in [4.69, 9.17) is 6.85 Å². The maximum atomic E-state index is 8.99. The maximum Gasteiger partial charge on any atom is 0.0645 e. The van der Waals surface area contributed by atoms with Crippen LogP contribution in [0.15, 0.2) is 194 Å². The van der Waals surface area contributed by atoms with Crippen molar-refractivity contribution in [2.75, 3.05) is 4.90 Å². The molecule has 0 fully saturated rings. The van der Waals surface area contributed by atoms with E-state index in [2.05, 4.69) is 126 Å². The van der Waals surface area contributed by atoms with Gasteiger partial charge in [-0.05, 0) is 77.3 Å². The van der Waals surface area contributed by atoms with Gasteiger partial charge < -0.3 is 9.47 Å². The summed E-state index contributed by atoms with van der Waals surface area (Å²) < 4.78 is 48.2. The lowest BCUT2D eigenvalue weighted by atomic mass is 10.0. The Balaban J connectivity index is 1.12. The molecule has 2 heterocycles. The van der Waals surface area contributed by atoms with Crippen molar-refractivity contribution in [3.63, 3.8) is 0 Å². The Morgan fingerprint density at radius 2 is 1.04 bits per heavy atom. The molecule has 0 N–H and O–H groups in total. The molecule has 0 atom stereocenters. The molecule has 240 valence electrons. The van der Waals surface area contributed by atoms with Gasteiger partial charge in [0, 0.05) is 59.3 Å². The molecule has 3 heteroatoms. The highest BCUT2D eigenvalue weighted by Crippen LogP contribution is 2.43. The molecule has 0 unspecified atom stereocenters. The van der Waals surface area contributed by atoms with E-state index < -0.39 is 6.04 Å². The molecule has 10 rings (SSSR count). The van der Waals surface area contributed by atoms with Crippen LogP contribution in [0.25, 0.3) is 69.9 Å². The SMILES string of the molecule is [2H]c1c([2H])c([2H])c(N(c2ccc(-c3cccc4c3sc3ccccc34)cc2)c2ccc(-c3cccc4c5ccccc5n(-c5ccccc5)c34)cc2)c([2H])c1[2H]. The molecule has 0 radical (unpaired) electrons. The molecule has 0 saturated carbocycles. The summed E-state index contributed by atoms with van der Waals surface area (Å²) in [6.45, 7) is 0. The summed E-state index contributed by atoms with van der Waals surface area (Å²) >= 11 is 1.78. The van der Waals surface area contributed by atoms with Crippen LogP contribution in [0, 0.1) is 0 Å². The van der Waals surface area contributed by atoms with Gasteiger partial charge >= 0.3 is 0 Å².